The second-order valence-electron chi connectivity index (χ2n) is 6.81. The Balaban J connectivity index is 1.46. The first-order chi connectivity index (χ1) is 13.8. The predicted octanol–water partition coefficient (Wildman–Crippen LogP) is 2.64. The van der Waals surface area contributed by atoms with Crippen LogP contribution in [0.25, 0.3) is 11.3 Å². The summed E-state index contributed by atoms with van der Waals surface area (Å²) in [6, 6.07) is 13.3. The number of aromatic nitrogens is 2. The van der Waals surface area contributed by atoms with Crippen LogP contribution in [0.2, 0.25) is 0 Å². The number of hydrogen-bond acceptors (Lipinski definition) is 5. The number of hydrogen-bond donors (Lipinski definition) is 1. The number of benzene rings is 1. The van der Waals surface area contributed by atoms with Gasteiger partial charge in [-0.2, -0.15) is 5.10 Å². The van der Waals surface area contributed by atoms with Crippen LogP contribution in [0.1, 0.15) is 16.1 Å². The highest BCUT2D eigenvalue weighted by Gasteiger charge is 2.19. The fourth-order valence-corrected chi connectivity index (χ4v) is 3.32. The molecule has 146 valence electrons. The summed E-state index contributed by atoms with van der Waals surface area (Å²) >= 11 is 0. The number of carbonyl (C=O) groups excluding carboxylic acids is 1. The van der Waals surface area contributed by atoms with Crippen LogP contribution >= 0.6 is 0 Å². The van der Waals surface area contributed by atoms with E-state index in [1.165, 1.54) is 0 Å². The smallest absolute Gasteiger partial charge is 0.254 e. The van der Waals surface area contributed by atoms with E-state index in [1.54, 1.807) is 12.5 Å². The Hall–Kier alpha value is -2.90. The molecule has 0 radical (unpaired) electrons. The van der Waals surface area contributed by atoms with Crippen molar-refractivity contribution < 1.29 is 13.9 Å². The molecular formula is C21H24N4O3. The van der Waals surface area contributed by atoms with Gasteiger partial charge in [0.05, 0.1) is 31.7 Å². The van der Waals surface area contributed by atoms with Crippen LogP contribution < -0.4 is 0 Å². The highest BCUT2D eigenvalue weighted by atomic mass is 16.5. The largest absolute Gasteiger partial charge is 0.467 e. The second-order valence-corrected chi connectivity index (χ2v) is 6.81. The van der Waals surface area contributed by atoms with Gasteiger partial charge in [-0.25, -0.2) is 0 Å². The molecule has 0 bridgehead atoms. The molecule has 2 aromatic heterocycles. The van der Waals surface area contributed by atoms with Crippen molar-refractivity contribution in [3.8, 4) is 11.3 Å². The van der Waals surface area contributed by atoms with Crippen LogP contribution in [0.5, 0.6) is 0 Å². The number of nitrogens with one attached hydrogen (secondary N) is 1. The number of ether oxygens (including phenoxy) is 1. The van der Waals surface area contributed by atoms with Crippen LogP contribution in [-0.4, -0.2) is 65.3 Å². The van der Waals surface area contributed by atoms with Crippen molar-refractivity contribution in [2.24, 2.45) is 0 Å². The van der Waals surface area contributed by atoms with E-state index < -0.39 is 0 Å². The molecule has 1 aromatic carbocycles. The number of amides is 1. The molecule has 1 aliphatic rings. The molecule has 1 N–H and O–H groups in total. The number of H-pyrrole nitrogens is 1. The third-order valence-corrected chi connectivity index (χ3v) is 4.95. The molecule has 0 spiro atoms. The van der Waals surface area contributed by atoms with Gasteiger partial charge in [0.25, 0.3) is 5.91 Å². The van der Waals surface area contributed by atoms with Crippen LogP contribution in [0, 0.1) is 0 Å². The molecule has 1 amide bonds. The van der Waals surface area contributed by atoms with Crippen molar-refractivity contribution in [1.82, 2.24) is 20.0 Å². The zero-order chi connectivity index (χ0) is 19.2. The third-order valence-electron chi connectivity index (χ3n) is 4.95. The Labute approximate surface area is 163 Å². The highest BCUT2D eigenvalue weighted by Crippen LogP contribution is 2.18. The van der Waals surface area contributed by atoms with Gasteiger partial charge < -0.3 is 14.1 Å². The first-order valence-corrected chi connectivity index (χ1v) is 9.51. The van der Waals surface area contributed by atoms with Gasteiger partial charge in [-0.05, 0) is 35.9 Å². The van der Waals surface area contributed by atoms with Gasteiger partial charge >= 0.3 is 0 Å². The predicted molar refractivity (Wildman–Crippen MR) is 105 cm³/mol. The zero-order valence-electron chi connectivity index (χ0n) is 15.7. The molecule has 0 unspecified atom stereocenters. The minimum atomic E-state index is 0.000759. The van der Waals surface area contributed by atoms with Gasteiger partial charge in [0.1, 0.15) is 5.76 Å². The molecule has 1 fully saturated rings. The summed E-state index contributed by atoms with van der Waals surface area (Å²) in [6.45, 7) is 5.23. The number of nitrogens with zero attached hydrogens (tertiary/aromatic N) is 3. The molecule has 3 heterocycles. The molecule has 0 atom stereocenters. The van der Waals surface area contributed by atoms with Crippen molar-refractivity contribution in [3.05, 3.63) is 66.2 Å². The van der Waals surface area contributed by atoms with E-state index in [9.17, 15) is 4.79 Å². The maximum absolute atomic E-state index is 13.2. The van der Waals surface area contributed by atoms with E-state index in [1.807, 2.05) is 47.4 Å². The molecule has 28 heavy (non-hydrogen) atoms. The van der Waals surface area contributed by atoms with Gasteiger partial charge in [0, 0.05) is 37.9 Å². The SMILES string of the molecule is O=C(c1ccc(-c2ccn[nH]2)cc1)N(CCN1CCOCC1)Cc1ccco1. The lowest BCUT2D eigenvalue weighted by Crippen LogP contribution is -2.42. The van der Waals surface area contributed by atoms with E-state index in [0.717, 1.165) is 49.9 Å². The van der Waals surface area contributed by atoms with E-state index >= 15 is 0 Å². The Kier molecular flexibility index (Phi) is 5.84. The summed E-state index contributed by atoms with van der Waals surface area (Å²) in [5.74, 6) is 0.783. The fourth-order valence-electron chi connectivity index (χ4n) is 3.32. The number of morpholine rings is 1. The Bertz CT molecular complexity index is 854. The van der Waals surface area contributed by atoms with E-state index in [4.69, 9.17) is 9.15 Å². The number of furan rings is 1. The highest BCUT2D eigenvalue weighted by molar-refractivity contribution is 5.94. The monoisotopic (exact) mass is 380 g/mol. The van der Waals surface area contributed by atoms with E-state index in [0.29, 0.717) is 18.7 Å². The summed E-state index contributed by atoms with van der Waals surface area (Å²) in [5.41, 5.74) is 2.59. The normalized spacial score (nSPS) is 14.9. The Morgan fingerprint density at radius 2 is 1.96 bits per heavy atom. The lowest BCUT2D eigenvalue weighted by atomic mass is 10.1. The van der Waals surface area contributed by atoms with Gasteiger partial charge in [-0.15, -0.1) is 0 Å². The molecule has 3 aromatic rings. The number of carbonyl (C=O) groups is 1. The van der Waals surface area contributed by atoms with Gasteiger partial charge in [-0.1, -0.05) is 12.1 Å². The van der Waals surface area contributed by atoms with Crippen molar-refractivity contribution in [3.63, 3.8) is 0 Å². The quantitative estimate of drug-likeness (QED) is 0.682. The number of rotatable bonds is 7. The molecular weight excluding hydrogens is 356 g/mol. The molecule has 1 aliphatic heterocycles. The fraction of sp³-hybridized carbons (Fsp3) is 0.333. The van der Waals surface area contributed by atoms with Gasteiger partial charge in [-0.3, -0.25) is 14.8 Å². The van der Waals surface area contributed by atoms with Crippen LogP contribution in [0.4, 0.5) is 0 Å². The van der Waals surface area contributed by atoms with Crippen LogP contribution in [0.15, 0.2) is 59.3 Å². The molecule has 1 saturated heterocycles. The van der Waals surface area contributed by atoms with E-state index in [2.05, 4.69) is 15.1 Å². The first kappa shape index (κ1) is 18.5. The van der Waals surface area contributed by atoms with Gasteiger partial charge in [0.2, 0.25) is 0 Å². The standard InChI is InChI=1S/C21H24N4O3/c26-21(18-5-3-17(4-6-18)20-7-8-22-23-20)25(16-19-2-1-13-28-19)10-9-24-11-14-27-15-12-24/h1-8,13H,9-12,14-16H2,(H,22,23). The molecule has 4 rings (SSSR count). The van der Waals surface area contributed by atoms with Crippen LogP contribution in [-0.2, 0) is 11.3 Å². The maximum Gasteiger partial charge on any atom is 0.254 e. The van der Waals surface area contributed by atoms with Gasteiger partial charge in [0.15, 0.2) is 0 Å². The second kappa shape index (κ2) is 8.86. The number of aromatic amines is 1. The van der Waals surface area contributed by atoms with Crippen molar-refractivity contribution in [2.75, 3.05) is 39.4 Å². The summed E-state index contributed by atoms with van der Waals surface area (Å²) < 4.78 is 10.9. The zero-order valence-corrected chi connectivity index (χ0v) is 15.7. The minimum absolute atomic E-state index is 0.000759. The first-order valence-electron chi connectivity index (χ1n) is 9.51. The Morgan fingerprint density at radius 1 is 1.14 bits per heavy atom. The average molecular weight is 380 g/mol. The third kappa shape index (κ3) is 4.49. The summed E-state index contributed by atoms with van der Waals surface area (Å²) in [7, 11) is 0. The van der Waals surface area contributed by atoms with Crippen molar-refractivity contribution >= 4 is 5.91 Å². The average Bonchev–Trinajstić information content (AvgIpc) is 3.46. The summed E-state index contributed by atoms with van der Waals surface area (Å²) in [5, 5.41) is 6.91. The van der Waals surface area contributed by atoms with Crippen molar-refractivity contribution in [2.45, 2.75) is 6.54 Å². The summed E-state index contributed by atoms with van der Waals surface area (Å²) in [6.07, 6.45) is 3.35. The molecule has 7 heteroatoms. The maximum atomic E-state index is 13.2. The van der Waals surface area contributed by atoms with Crippen LogP contribution in [0.3, 0.4) is 0 Å². The molecule has 0 aliphatic carbocycles. The summed E-state index contributed by atoms with van der Waals surface area (Å²) in [4.78, 5) is 17.3. The van der Waals surface area contributed by atoms with Crippen molar-refractivity contribution in [1.29, 1.82) is 0 Å². The molecule has 0 saturated carbocycles. The molecule has 7 nitrogen and oxygen atoms in total. The van der Waals surface area contributed by atoms with E-state index in [-0.39, 0.29) is 5.91 Å². The minimum Gasteiger partial charge on any atom is -0.467 e. The Morgan fingerprint density at radius 3 is 2.64 bits per heavy atom. The topological polar surface area (TPSA) is 74.6 Å². The lowest BCUT2D eigenvalue weighted by Gasteiger charge is -2.30. The lowest BCUT2D eigenvalue weighted by molar-refractivity contribution is 0.0316.